The zero-order valence-corrected chi connectivity index (χ0v) is 11.8. The molecule has 0 amide bonds. The zero-order valence-electron chi connectivity index (χ0n) is 11.8. The van der Waals surface area contributed by atoms with E-state index in [1.165, 1.54) is 7.11 Å². The quantitative estimate of drug-likeness (QED) is 0.674. The number of aryl methyl sites for hydroxylation is 1. The number of esters is 1. The summed E-state index contributed by atoms with van der Waals surface area (Å²) in [5.74, 6) is -0.387. The van der Waals surface area contributed by atoms with Gasteiger partial charge in [0.15, 0.2) is 0 Å². The van der Waals surface area contributed by atoms with Crippen molar-refractivity contribution in [2.75, 3.05) is 7.11 Å². The fraction of sp³-hybridized carbons (Fsp3) is 0.118. The molecule has 4 heteroatoms. The number of hydrogen-bond donors (Lipinski definition) is 0. The maximum atomic E-state index is 12.0. The fourth-order valence-electron chi connectivity index (χ4n) is 2.38. The van der Waals surface area contributed by atoms with Gasteiger partial charge in [-0.3, -0.25) is 9.97 Å². The first-order valence-electron chi connectivity index (χ1n) is 6.59. The molecule has 0 radical (unpaired) electrons. The van der Waals surface area contributed by atoms with E-state index >= 15 is 0 Å². The summed E-state index contributed by atoms with van der Waals surface area (Å²) in [6.45, 7) is 2.02. The molecule has 0 aliphatic carbocycles. The molecule has 0 spiro atoms. The van der Waals surface area contributed by atoms with Crippen molar-refractivity contribution in [3.63, 3.8) is 0 Å². The van der Waals surface area contributed by atoms with E-state index in [-0.39, 0.29) is 5.97 Å². The number of pyridine rings is 2. The van der Waals surface area contributed by atoms with Crippen LogP contribution in [0.15, 0.2) is 48.9 Å². The van der Waals surface area contributed by atoms with Crippen LogP contribution in [0.3, 0.4) is 0 Å². The van der Waals surface area contributed by atoms with Crippen molar-refractivity contribution in [1.29, 1.82) is 0 Å². The smallest absolute Gasteiger partial charge is 0.340 e. The van der Waals surface area contributed by atoms with Crippen LogP contribution < -0.4 is 0 Å². The number of benzene rings is 1. The van der Waals surface area contributed by atoms with E-state index in [0.29, 0.717) is 11.1 Å². The molecule has 4 nitrogen and oxygen atoms in total. The van der Waals surface area contributed by atoms with Crippen molar-refractivity contribution in [3.05, 3.63) is 60.0 Å². The third kappa shape index (κ3) is 2.36. The molecular weight excluding hydrogens is 264 g/mol. The minimum absolute atomic E-state index is 0.387. The number of carbonyl (C=O) groups excluding carboxylic acids is 1. The molecule has 3 aromatic rings. The molecule has 0 bridgehead atoms. The van der Waals surface area contributed by atoms with Crippen molar-refractivity contribution in [2.24, 2.45) is 0 Å². The molecule has 0 unspecified atom stereocenters. The molecule has 104 valence electrons. The number of ether oxygens (including phenoxy) is 1. The van der Waals surface area contributed by atoms with E-state index in [1.807, 2.05) is 37.3 Å². The maximum absolute atomic E-state index is 12.0. The van der Waals surface area contributed by atoms with Gasteiger partial charge in [0.05, 0.1) is 18.2 Å². The standard InChI is InChI=1S/C17H14N2O2/c1-11-5-7-18-10-15(11)13-8-12-4-3-6-19-16(12)14(9-13)17(20)21-2/h3-10H,1-2H3. The predicted octanol–water partition coefficient (Wildman–Crippen LogP) is 3.39. The van der Waals surface area contributed by atoms with Crippen LogP contribution in [0.4, 0.5) is 0 Å². The molecule has 2 heterocycles. The molecule has 1 aromatic carbocycles. The Bertz CT molecular complexity index is 828. The van der Waals surface area contributed by atoms with Crippen LogP contribution in [0.5, 0.6) is 0 Å². The molecule has 0 saturated carbocycles. The van der Waals surface area contributed by atoms with Crippen molar-refractivity contribution in [3.8, 4) is 11.1 Å². The van der Waals surface area contributed by atoms with E-state index in [4.69, 9.17) is 4.74 Å². The summed E-state index contributed by atoms with van der Waals surface area (Å²) in [7, 11) is 1.37. The molecule has 0 saturated heterocycles. The Balaban J connectivity index is 2.31. The minimum atomic E-state index is -0.387. The molecule has 21 heavy (non-hydrogen) atoms. The van der Waals surface area contributed by atoms with E-state index in [2.05, 4.69) is 9.97 Å². The Labute approximate surface area is 122 Å². The number of fused-ring (bicyclic) bond motifs is 1. The lowest BCUT2D eigenvalue weighted by molar-refractivity contribution is 0.0603. The first kappa shape index (κ1) is 13.2. The number of rotatable bonds is 2. The lowest BCUT2D eigenvalue weighted by Crippen LogP contribution is -2.03. The normalized spacial score (nSPS) is 10.6. The van der Waals surface area contributed by atoms with Gasteiger partial charge in [0.25, 0.3) is 0 Å². The van der Waals surface area contributed by atoms with Gasteiger partial charge in [-0.1, -0.05) is 6.07 Å². The number of hydrogen-bond acceptors (Lipinski definition) is 4. The summed E-state index contributed by atoms with van der Waals surface area (Å²) in [5.41, 5.74) is 4.14. The second-order valence-electron chi connectivity index (χ2n) is 4.78. The lowest BCUT2D eigenvalue weighted by atomic mass is 9.98. The Hall–Kier alpha value is -2.75. The highest BCUT2D eigenvalue weighted by Gasteiger charge is 2.14. The van der Waals surface area contributed by atoms with Crippen LogP contribution in [-0.4, -0.2) is 23.0 Å². The number of carbonyl (C=O) groups is 1. The molecule has 2 aromatic heterocycles. The summed E-state index contributed by atoms with van der Waals surface area (Å²) in [5, 5.41) is 0.902. The molecule has 0 aliphatic rings. The Kier molecular flexibility index (Phi) is 3.36. The highest BCUT2D eigenvalue weighted by atomic mass is 16.5. The Morgan fingerprint density at radius 3 is 2.81 bits per heavy atom. The second-order valence-corrected chi connectivity index (χ2v) is 4.78. The van der Waals surface area contributed by atoms with Gasteiger partial charge in [-0.2, -0.15) is 0 Å². The Morgan fingerprint density at radius 1 is 1.19 bits per heavy atom. The van der Waals surface area contributed by atoms with Crippen LogP contribution in [0, 0.1) is 6.92 Å². The SMILES string of the molecule is COC(=O)c1cc(-c2cnccc2C)cc2cccnc12. The van der Waals surface area contributed by atoms with E-state index < -0.39 is 0 Å². The molecule has 0 fully saturated rings. The molecule has 3 rings (SSSR count). The van der Waals surface area contributed by atoms with Crippen LogP contribution in [0.2, 0.25) is 0 Å². The van der Waals surface area contributed by atoms with Crippen molar-refractivity contribution >= 4 is 16.9 Å². The molecule has 0 atom stereocenters. The highest BCUT2D eigenvalue weighted by molar-refractivity contribution is 6.04. The Morgan fingerprint density at radius 2 is 2.05 bits per heavy atom. The van der Waals surface area contributed by atoms with Gasteiger partial charge in [-0.05, 0) is 42.3 Å². The average molecular weight is 278 g/mol. The van der Waals surface area contributed by atoms with Crippen LogP contribution >= 0.6 is 0 Å². The van der Waals surface area contributed by atoms with Gasteiger partial charge in [0.1, 0.15) is 0 Å². The summed E-state index contributed by atoms with van der Waals surface area (Å²) in [6, 6.07) is 9.55. The van der Waals surface area contributed by atoms with Crippen LogP contribution in [0.25, 0.3) is 22.0 Å². The first-order valence-corrected chi connectivity index (χ1v) is 6.59. The van der Waals surface area contributed by atoms with Crippen molar-refractivity contribution < 1.29 is 9.53 Å². The van der Waals surface area contributed by atoms with Crippen LogP contribution in [0.1, 0.15) is 15.9 Å². The zero-order chi connectivity index (χ0) is 14.8. The van der Waals surface area contributed by atoms with E-state index in [1.54, 1.807) is 18.6 Å². The number of nitrogens with zero attached hydrogens (tertiary/aromatic N) is 2. The monoisotopic (exact) mass is 278 g/mol. The lowest BCUT2D eigenvalue weighted by Gasteiger charge is -2.10. The van der Waals surface area contributed by atoms with Gasteiger partial charge in [0.2, 0.25) is 0 Å². The third-order valence-electron chi connectivity index (χ3n) is 3.46. The van der Waals surface area contributed by atoms with Crippen molar-refractivity contribution in [1.82, 2.24) is 9.97 Å². The summed E-state index contributed by atoms with van der Waals surface area (Å²) in [6.07, 6.45) is 5.22. The van der Waals surface area contributed by atoms with Crippen molar-refractivity contribution in [2.45, 2.75) is 6.92 Å². The summed E-state index contributed by atoms with van der Waals surface area (Å²) in [4.78, 5) is 20.5. The number of methoxy groups -OCH3 is 1. The molecule has 0 N–H and O–H groups in total. The van der Waals surface area contributed by atoms with Gasteiger partial charge in [-0.15, -0.1) is 0 Å². The predicted molar refractivity (Wildman–Crippen MR) is 81.1 cm³/mol. The van der Waals surface area contributed by atoms with Gasteiger partial charge < -0.3 is 4.74 Å². The summed E-state index contributed by atoms with van der Waals surface area (Å²) < 4.78 is 4.87. The largest absolute Gasteiger partial charge is 0.465 e. The summed E-state index contributed by atoms with van der Waals surface area (Å²) >= 11 is 0. The third-order valence-corrected chi connectivity index (χ3v) is 3.46. The average Bonchev–Trinajstić information content (AvgIpc) is 2.53. The van der Waals surface area contributed by atoms with E-state index in [0.717, 1.165) is 22.1 Å². The van der Waals surface area contributed by atoms with Gasteiger partial charge in [0, 0.05) is 29.5 Å². The first-order chi connectivity index (χ1) is 10.2. The minimum Gasteiger partial charge on any atom is -0.465 e. The topological polar surface area (TPSA) is 52.1 Å². The maximum Gasteiger partial charge on any atom is 0.340 e. The molecular formula is C17H14N2O2. The van der Waals surface area contributed by atoms with Gasteiger partial charge in [-0.25, -0.2) is 4.79 Å². The fourth-order valence-corrected chi connectivity index (χ4v) is 2.38. The molecule has 0 aliphatic heterocycles. The van der Waals surface area contributed by atoms with E-state index in [9.17, 15) is 4.79 Å². The van der Waals surface area contributed by atoms with Crippen LogP contribution in [-0.2, 0) is 4.74 Å². The van der Waals surface area contributed by atoms with Gasteiger partial charge >= 0.3 is 5.97 Å². The number of aromatic nitrogens is 2. The highest BCUT2D eigenvalue weighted by Crippen LogP contribution is 2.28. The second kappa shape index (κ2) is 5.32.